The van der Waals surface area contributed by atoms with Gasteiger partial charge in [-0.2, -0.15) is 0 Å². The van der Waals surface area contributed by atoms with Crippen LogP contribution in [0.4, 0.5) is 0 Å². The predicted octanol–water partition coefficient (Wildman–Crippen LogP) is 6.08. The van der Waals surface area contributed by atoms with Gasteiger partial charge in [-0.15, -0.1) is 0 Å². The molecule has 0 atom stereocenters. The van der Waals surface area contributed by atoms with Crippen LogP contribution in [-0.2, 0) is 30.0 Å². The number of halogens is 2. The number of fused-ring (bicyclic) bond motifs is 4. The molecule has 0 spiro atoms. The molecule has 2 aliphatic carbocycles. The number of carboxylic acids is 4. The van der Waals surface area contributed by atoms with Gasteiger partial charge in [0.2, 0.25) is 0 Å². The molecule has 0 fully saturated rings. The molecule has 0 bridgehead atoms. The van der Waals surface area contributed by atoms with Crippen LogP contribution in [0.5, 0.6) is 0 Å². The van der Waals surface area contributed by atoms with Crippen LogP contribution >= 0.6 is 31.9 Å². The van der Waals surface area contributed by atoms with Crippen LogP contribution in [0.1, 0.15) is 73.6 Å². The minimum absolute atomic E-state index is 0.140. The molecule has 10 heteroatoms. The van der Waals surface area contributed by atoms with E-state index in [1.54, 1.807) is 0 Å². The number of rotatable bonds is 12. The molecule has 2 aromatic rings. The Morgan fingerprint density at radius 3 is 1.11 bits per heavy atom. The summed E-state index contributed by atoms with van der Waals surface area (Å²) in [6.07, 6.45) is -0.251. The van der Waals surface area contributed by atoms with E-state index in [0.29, 0.717) is 0 Å². The standard InChI is InChI=1S/C28H26Br2O8/c29-15-1-3-17-19(13-15)27(9-5-21(31)32,10-6-22(33)34)26-18-4-2-16(30)14-20(18)28(25(17)26,11-7-23(35)36)12-8-24(37)38/h1-4,13-14H,5-12H2,(H,31,32)(H,33,34)(H,35,36)(H,37,38). The number of allylic oxidation sites excluding steroid dienone is 2. The summed E-state index contributed by atoms with van der Waals surface area (Å²) in [5, 5.41) is 38.6. The molecule has 0 saturated heterocycles. The second-order valence-corrected chi connectivity index (χ2v) is 11.7. The van der Waals surface area contributed by atoms with Crippen LogP contribution < -0.4 is 0 Å². The molecule has 38 heavy (non-hydrogen) atoms. The van der Waals surface area contributed by atoms with Gasteiger partial charge in [-0.3, -0.25) is 19.2 Å². The van der Waals surface area contributed by atoms with Gasteiger partial charge in [0.05, 0.1) is 0 Å². The molecule has 0 unspecified atom stereocenters. The van der Waals surface area contributed by atoms with Crippen molar-refractivity contribution in [2.45, 2.75) is 62.2 Å². The highest BCUT2D eigenvalue weighted by molar-refractivity contribution is 9.10. The summed E-state index contributed by atoms with van der Waals surface area (Å²) in [5.41, 5.74) is 2.75. The van der Waals surface area contributed by atoms with Crippen molar-refractivity contribution in [1.29, 1.82) is 0 Å². The van der Waals surface area contributed by atoms with Gasteiger partial charge in [-0.05, 0) is 83.3 Å². The maximum atomic E-state index is 11.8. The zero-order valence-electron chi connectivity index (χ0n) is 20.3. The summed E-state index contributed by atoms with van der Waals surface area (Å²) < 4.78 is 1.48. The van der Waals surface area contributed by atoms with Crippen molar-refractivity contribution in [3.8, 4) is 0 Å². The summed E-state index contributed by atoms with van der Waals surface area (Å²) in [6, 6.07) is 11.2. The first-order chi connectivity index (χ1) is 17.9. The quantitative estimate of drug-likeness (QED) is 0.216. The number of carboxylic acid groups (broad SMARTS) is 4. The average molecular weight is 650 g/mol. The normalized spacial score (nSPS) is 16.1. The first-order valence-electron chi connectivity index (χ1n) is 12.1. The van der Waals surface area contributed by atoms with Crippen molar-refractivity contribution in [3.05, 3.63) is 67.6 Å². The lowest BCUT2D eigenvalue weighted by molar-refractivity contribution is -0.139. The van der Waals surface area contributed by atoms with Crippen molar-refractivity contribution in [2.75, 3.05) is 0 Å². The third kappa shape index (κ3) is 4.91. The Kier molecular flexibility index (Phi) is 7.86. The Morgan fingerprint density at radius 2 is 0.842 bits per heavy atom. The average Bonchev–Trinajstić information content (AvgIpc) is 3.27. The first kappa shape index (κ1) is 28.0. The van der Waals surface area contributed by atoms with Gasteiger partial charge in [0.25, 0.3) is 0 Å². The van der Waals surface area contributed by atoms with Crippen molar-refractivity contribution in [1.82, 2.24) is 0 Å². The van der Waals surface area contributed by atoms with Crippen LogP contribution in [0.2, 0.25) is 0 Å². The zero-order valence-corrected chi connectivity index (χ0v) is 23.5. The van der Waals surface area contributed by atoms with E-state index >= 15 is 0 Å². The number of hydrogen-bond acceptors (Lipinski definition) is 4. The Labute approximate surface area is 235 Å². The smallest absolute Gasteiger partial charge is 0.303 e. The van der Waals surface area contributed by atoms with E-state index in [2.05, 4.69) is 31.9 Å². The van der Waals surface area contributed by atoms with Gasteiger partial charge in [0.15, 0.2) is 0 Å². The highest BCUT2D eigenvalue weighted by Crippen LogP contribution is 2.67. The highest BCUT2D eigenvalue weighted by Gasteiger charge is 2.56. The van der Waals surface area contributed by atoms with E-state index in [4.69, 9.17) is 0 Å². The molecular weight excluding hydrogens is 624 g/mol. The minimum atomic E-state index is -1.01. The predicted molar refractivity (Wildman–Crippen MR) is 146 cm³/mol. The van der Waals surface area contributed by atoms with Crippen LogP contribution in [0, 0.1) is 0 Å². The fourth-order valence-electron chi connectivity index (χ4n) is 6.36. The van der Waals surface area contributed by atoms with Crippen LogP contribution in [0.3, 0.4) is 0 Å². The van der Waals surface area contributed by atoms with Crippen molar-refractivity contribution in [2.24, 2.45) is 0 Å². The molecule has 4 N–H and O–H groups in total. The van der Waals surface area contributed by atoms with E-state index in [9.17, 15) is 39.6 Å². The summed E-state index contributed by atoms with van der Waals surface area (Å²) in [5.74, 6) is -4.05. The fourth-order valence-corrected chi connectivity index (χ4v) is 7.09. The molecule has 2 aromatic carbocycles. The first-order valence-corrected chi connectivity index (χ1v) is 13.7. The van der Waals surface area contributed by atoms with Gasteiger partial charge in [-0.25, -0.2) is 0 Å². The number of hydrogen-bond donors (Lipinski definition) is 4. The molecule has 0 aliphatic heterocycles. The van der Waals surface area contributed by atoms with E-state index in [1.165, 1.54) is 0 Å². The molecule has 0 radical (unpaired) electrons. The maximum absolute atomic E-state index is 11.8. The van der Waals surface area contributed by atoms with Gasteiger partial charge >= 0.3 is 23.9 Å². The molecule has 200 valence electrons. The van der Waals surface area contributed by atoms with Crippen molar-refractivity contribution < 1.29 is 39.6 Å². The topological polar surface area (TPSA) is 149 Å². The minimum Gasteiger partial charge on any atom is -0.481 e. The fraction of sp³-hybridized carbons (Fsp3) is 0.357. The van der Waals surface area contributed by atoms with Crippen LogP contribution in [0.25, 0.3) is 11.1 Å². The molecular formula is C28H26Br2O8. The van der Waals surface area contributed by atoms with Gasteiger partial charge in [0.1, 0.15) is 0 Å². The highest BCUT2D eigenvalue weighted by atomic mass is 79.9. The largest absolute Gasteiger partial charge is 0.481 e. The number of carbonyl (C=O) groups is 4. The lowest BCUT2D eigenvalue weighted by atomic mass is 9.67. The molecule has 8 nitrogen and oxygen atoms in total. The SMILES string of the molecule is O=C(O)CCC1(CCC(=O)O)C2=C(c3ccc(Br)cc31)C(CCC(=O)O)(CCC(=O)O)c1cc(Br)ccc12. The van der Waals surface area contributed by atoms with E-state index in [-0.39, 0.29) is 51.4 Å². The molecule has 0 saturated carbocycles. The summed E-state index contributed by atoms with van der Waals surface area (Å²) in [4.78, 5) is 47.2. The van der Waals surface area contributed by atoms with Crippen LogP contribution in [-0.4, -0.2) is 44.3 Å². The lowest BCUT2D eigenvalue weighted by Crippen LogP contribution is -2.29. The zero-order chi connectivity index (χ0) is 27.8. The summed E-state index contributed by atoms with van der Waals surface area (Å²) in [6.45, 7) is 0. The Balaban J connectivity index is 2.10. The summed E-state index contributed by atoms with van der Waals surface area (Å²) in [7, 11) is 0. The van der Waals surface area contributed by atoms with Crippen LogP contribution in [0.15, 0.2) is 45.3 Å². The molecule has 2 aliphatic rings. The van der Waals surface area contributed by atoms with Gasteiger partial charge in [-0.1, -0.05) is 44.0 Å². The van der Waals surface area contributed by atoms with Gasteiger partial charge < -0.3 is 20.4 Å². The number of aliphatic carboxylic acids is 4. The van der Waals surface area contributed by atoms with Gasteiger partial charge in [0, 0.05) is 45.5 Å². The summed E-state index contributed by atoms with van der Waals surface area (Å²) >= 11 is 7.03. The molecule has 4 rings (SSSR count). The molecule has 0 heterocycles. The Hall–Kier alpha value is -2.98. The van der Waals surface area contributed by atoms with Crippen molar-refractivity contribution in [3.63, 3.8) is 0 Å². The van der Waals surface area contributed by atoms with E-state index < -0.39 is 34.7 Å². The Morgan fingerprint density at radius 1 is 0.553 bits per heavy atom. The maximum Gasteiger partial charge on any atom is 0.303 e. The molecule has 0 aromatic heterocycles. The van der Waals surface area contributed by atoms with Crippen molar-refractivity contribution >= 4 is 66.9 Å². The van der Waals surface area contributed by atoms with E-state index in [0.717, 1.165) is 42.3 Å². The lowest BCUT2D eigenvalue weighted by Gasteiger charge is -2.36. The molecule has 0 amide bonds. The third-order valence-electron chi connectivity index (χ3n) is 7.80. The second kappa shape index (κ2) is 10.6. The second-order valence-electron chi connectivity index (χ2n) is 9.87. The Bertz CT molecular complexity index is 1240. The number of benzene rings is 2. The monoisotopic (exact) mass is 648 g/mol. The van der Waals surface area contributed by atoms with E-state index in [1.807, 2.05) is 36.4 Å². The third-order valence-corrected chi connectivity index (χ3v) is 8.79.